The summed E-state index contributed by atoms with van der Waals surface area (Å²) in [6.45, 7) is 4.16. The van der Waals surface area contributed by atoms with Crippen molar-refractivity contribution in [1.82, 2.24) is 4.90 Å². The van der Waals surface area contributed by atoms with Crippen molar-refractivity contribution >= 4 is 22.9 Å². The minimum absolute atomic E-state index is 0.462. The molecule has 0 aliphatic carbocycles. The van der Waals surface area contributed by atoms with Gasteiger partial charge in [0.15, 0.2) is 0 Å². The number of hydrogen-bond donors (Lipinski definition) is 1. The molecule has 2 N–H and O–H groups in total. The van der Waals surface area contributed by atoms with Gasteiger partial charge in [-0.1, -0.05) is 18.3 Å². The lowest BCUT2D eigenvalue weighted by Gasteiger charge is -2.23. The van der Waals surface area contributed by atoms with Crippen molar-refractivity contribution in [1.29, 1.82) is 0 Å². The van der Waals surface area contributed by atoms with E-state index in [0.29, 0.717) is 4.99 Å². The quantitative estimate of drug-likeness (QED) is 0.798. The summed E-state index contributed by atoms with van der Waals surface area (Å²) in [6.07, 6.45) is 1.12. The van der Waals surface area contributed by atoms with Gasteiger partial charge in [-0.05, 0) is 51.7 Å². The molecular weight excluding hydrogens is 242 g/mol. The normalized spacial score (nSPS) is 10.7. The van der Waals surface area contributed by atoms with E-state index in [4.69, 9.17) is 18.0 Å². The number of anilines is 1. The van der Waals surface area contributed by atoms with Crippen LogP contribution in [0.3, 0.4) is 0 Å². The number of benzene rings is 1. The van der Waals surface area contributed by atoms with E-state index < -0.39 is 0 Å². The fraction of sp³-hybridized carbons (Fsp3) is 0.500. The zero-order valence-corrected chi connectivity index (χ0v) is 12.5. The standard InChI is InChI=1S/C14H23N3S/c1-11-6-7-12(14(15)18)13(10-11)17(4)9-5-8-16(2)3/h6-7,10H,5,8-9H2,1-4H3,(H2,15,18). The van der Waals surface area contributed by atoms with Crippen LogP contribution in [-0.4, -0.2) is 44.1 Å². The molecule has 0 heterocycles. The van der Waals surface area contributed by atoms with Crippen LogP contribution in [0.4, 0.5) is 5.69 Å². The maximum Gasteiger partial charge on any atom is 0.106 e. The van der Waals surface area contributed by atoms with Gasteiger partial charge in [-0.3, -0.25) is 0 Å². The molecule has 0 radical (unpaired) electrons. The number of nitrogens with two attached hydrogens (primary N) is 1. The van der Waals surface area contributed by atoms with Gasteiger partial charge < -0.3 is 15.5 Å². The van der Waals surface area contributed by atoms with Crippen LogP contribution < -0.4 is 10.6 Å². The van der Waals surface area contributed by atoms with Crippen LogP contribution in [0, 0.1) is 6.92 Å². The molecule has 0 spiro atoms. The van der Waals surface area contributed by atoms with Crippen molar-refractivity contribution in [2.24, 2.45) is 5.73 Å². The van der Waals surface area contributed by atoms with E-state index in [-0.39, 0.29) is 0 Å². The third-order valence-electron chi connectivity index (χ3n) is 2.93. The maximum atomic E-state index is 5.78. The summed E-state index contributed by atoms with van der Waals surface area (Å²) >= 11 is 5.11. The highest BCUT2D eigenvalue weighted by Crippen LogP contribution is 2.21. The zero-order chi connectivity index (χ0) is 13.7. The Morgan fingerprint density at radius 1 is 1.22 bits per heavy atom. The van der Waals surface area contributed by atoms with Crippen molar-refractivity contribution in [3.8, 4) is 0 Å². The van der Waals surface area contributed by atoms with Gasteiger partial charge in [-0.15, -0.1) is 0 Å². The van der Waals surface area contributed by atoms with Crippen molar-refractivity contribution in [2.75, 3.05) is 39.1 Å². The monoisotopic (exact) mass is 265 g/mol. The molecule has 0 aromatic heterocycles. The van der Waals surface area contributed by atoms with Crippen LogP contribution in [0.25, 0.3) is 0 Å². The molecule has 1 aromatic carbocycles. The second-order valence-electron chi connectivity index (χ2n) is 4.96. The third-order valence-corrected chi connectivity index (χ3v) is 3.15. The average Bonchev–Trinajstić information content (AvgIpc) is 2.27. The summed E-state index contributed by atoms with van der Waals surface area (Å²) in [4.78, 5) is 4.88. The fourth-order valence-electron chi connectivity index (χ4n) is 1.91. The molecule has 0 amide bonds. The average molecular weight is 265 g/mol. The van der Waals surface area contributed by atoms with Crippen LogP contribution in [-0.2, 0) is 0 Å². The molecule has 18 heavy (non-hydrogen) atoms. The maximum absolute atomic E-state index is 5.78. The smallest absolute Gasteiger partial charge is 0.106 e. The Kier molecular flexibility index (Phi) is 5.56. The first-order valence-electron chi connectivity index (χ1n) is 6.18. The lowest BCUT2D eigenvalue weighted by molar-refractivity contribution is 0.401. The predicted octanol–water partition coefficient (Wildman–Crippen LogP) is 2.02. The van der Waals surface area contributed by atoms with Gasteiger partial charge in [0.1, 0.15) is 4.99 Å². The van der Waals surface area contributed by atoms with Gasteiger partial charge >= 0.3 is 0 Å². The minimum atomic E-state index is 0.462. The second kappa shape index (κ2) is 6.71. The van der Waals surface area contributed by atoms with E-state index >= 15 is 0 Å². The molecule has 1 rings (SSSR count). The highest BCUT2D eigenvalue weighted by Gasteiger charge is 2.09. The van der Waals surface area contributed by atoms with Crippen molar-refractivity contribution < 1.29 is 0 Å². The van der Waals surface area contributed by atoms with Gasteiger partial charge in [-0.25, -0.2) is 0 Å². The van der Waals surface area contributed by atoms with Crippen LogP contribution in [0.15, 0.2) is 18.2 Å². The highest BCUT2D eigenvalue weighted by atomic mass is 32.1. The molecule has 0 atom stereocenters. The Bertz CT molecular complexity index is 416. The van der Waals surface area contributed by atoms with Crippen LogP contribution in [0.2, 0.25) is 0 Å². The zero-order valence-electron chi connectivity index (χ0n) is 11.7. The minimum Gasteiger partial charge on any atom is -0.389 e. The summed E-state index contributed by atoms with van der Waals surface area (Å²) in [7, 11) is 6.27. The number of hydrogen-bond acceptors (Lipinski definition) is 3. The first-order valence-corrected chi connectivity index (χ1v) is 6.59. The summed E-state index contributed by atoms with van der Waals surface area (Å²) in [6, 6.07) is 6.20. The number of aryl methyl sites for hydroxylation is 1. The van der Waals surface area contributed by atoms with Crippen LogP contribution in [0.5, 0.6) is 0 Å². The summed E-state index contributed by atoms with van der Waals surface area (Å²) < 4.78 is 0. The SMILES string of the molecule is Cc1ccc(C(N)=S)c(N(C)CCCN(C)C)c1. The largest absolute Gasteiger partial charge is 0.389 e. The fourth-order valence-corrected chi connectivity index (χ4v) is 2.08. The molecule has 0 bridgehead atoms. The molecule has 3 nitrogen and oxygen atoms in total. The van der Waals surface area contributed by atoms with Gasteiger partial charge in [-0.2, -0.15) is 0 Å². The van der Waals surface area contributed by atoms with Gasteiger partial charge in [0.25, 0.3) is 0 Å². The molecule has 0 saturated heterocycles. The lowest BCUT2D eigenvalue weighted by Crippen LogP contribution is -2.25. The molecule has 100 valence electrons. The summed E-state index contributed by atoms with van der Waals surface area (Å²) in [5.41, 5.74) is 9.09. The first kappa shape index (κ1) is 14.9. The third kappa shape index (κ3) is 4.27. The predicted molar refractivity (Wildman–Crippen MR) is 83.5 cm³/mol. The Balaban J connectivity index is 2.80. The number of rotatable bonds is 6. The highest BCUT2D eigenvalue weighted by molar-refractivity contribution is 7.80. The Morgan fingerprint density at radius 3 is 2.44 bits per heavy atom. The molecule has 0 unspecified atom stereocenters. The molecule has 0 aliphatic heterocycles. The van der Waals surface area contributed by atoms with E-state index in [9.17, 15) is 0 Å². The molecular formula is C14H23N3S. The van der Waals surface area contributed by atoms with Crippen molar-refractivity contribution in [2.45, 2.75) is 13.3 Å². The molecule has 1 aromatic rings. The van der Waals surface area contributed by atoms with Crippen molar-refractivity contribution in [3.05, 3.63) is 29.3 Å². The Hall–Kier alpha value is -1.13. The van der Waals surface area contributed by atoms with Gasteiger partial charge in [0, 0.05) is 24.8 Å². The van der Waals surface area contributed by atoms with Gasteiger partial charge in [0.05, 0.1) is 0 Å². The van der Waals surface area contributed by atoms with E-state index in [1.807, 2.05) is 12.1 Å². The molecule has 0 saturated carbocycles. The van der Waals surface area contributed by atoms with Crippen LogP contribution in [0.1, 0.15) is 17.5 Å². The van der Waals surface area contributed by atoms with Gasteiger partial charge in [0.2, 0.25) is 0 Å². The molecule has 4 heteroatoms. The summed E-state index contributed by atoms with van der Waals surface area (Å²) in [5, 5.41) is 0. The van der Waals surface area contributed by atoms with E-state index in [1.165, 1.54) is 5.56 Å². The Morgan fingerprint density at radius 2 is 1.89 bits per heavy atom. The first-order chi connectivity index (χ1) is 8.41. The summed E-state index contributed by atoms with van der Waals surface area (Å²) in [5.74, 6) is 0. The Labute approximate surface area is 116 Å². The van der Waals surface area contributed by atoms with E-state index in [0.717, 1.165) is 30.8 Å². The molecule has 0 fully saturated rings. The lowest BCUT2D eigenvalue weighted by atomic mass is 10.1. The van der Waals surface area contributed by atoms with Crippen molar-refractivity contribution in [3.63, 3.8) is 0 Å². The number of thiocarbonyl (C=S) groups is 1. The number of nitrogens with zero attached hydrogens (tertiary/aromatic N) is 2. The molecule has 0 aliphatic rings. The topological polar surface area (TPSA) is 32.5 Å². The van der Waals surface area contributed by atoms with E-state index in [2.05, 4.69) is 43.9 Å². The van der Waals surface area contributed by atoms with Crippen LogP contribution >= 0.6 is 12.2 Å². The van der Waals surface area contributed by atoms with E-state index in [1.54, 1.807) is 0 Å². The second-order valence-corrected chi connectivity index (χ2v) is 5.40.